The van der Waals surface area contributed by atoms with Crippen LogP contribution < -0.4 is 20.4 Å². The largest absolute Gasteiger partial charge is 0.374 e. The lowest BCUT2D eigenvalue weighted by molar-refractivity contribution is -0.120. The summed E-state index contributed by atoms with van der Waals surface area (Å²) in [6.07, 6.45) is 8.25. The molecule has 2 N–H and O–H groups in total. The van der Waals surface area contributed by atoms with E-state index in [-0.39, 0.29) is 54.2 Å². The van der Waals surface area contributed by atoms with Crippen molar-refractivity contribution in [3.05, 3.63) is 64.7 Å². The smallest absolute Gasteiger partial charge is 0.328 e. The molecule has 1 aromatic carbocycles. The summed E-state index contributed by atoms with van der Waals surface area (Å²) in [7, 11) is 2.13. The number of nitrogens with one attached hydrogen (secondary N) is 2. The number of carbonyl (C=O) groups is 4. The number of morpholine rings is 1. The minimum atomic E-state index is -2.87. The molecule has 0 spiro atoms. The number of halogens is 3. The fourth-order valence-corrected chi connectivity index (χ4v) is 9.81. The van der Waals surface area contributed by atoms with E-state index in [4.69, 9.17) is 21.3 Å². The second-order valence-corrected chi connectivity index (χ2v) is 17.2. The van der Waals surface area contributed by atoms with Gasteiger partial charge in [-0.2, -0.15) is 10.2 Å². The number of aromatic nitrogens is 5. The molecule has 2 atom stereocenters. The number of benzene rings is 1. The lowest BCUT2D eigenvalue weighted by Gasteiger charge is -2.36. The lowest BCUT2D eigenvalue weighted by Crippen LogP contribution is -2.49. The van der Waals surface area contributed by atoms with Crippen molar-refractivity contribution < 1.29 is 32.7 Å². The highest BCUT2D eigenvalue weighted by Gasteiger charge is 2.40. The molecular weight excluding hydrogens is 800 g/mol. The van der Waals surface area contributed by atoms with Crippen molar-refractivity contribution in [1.29, 1.82) is 0 Å². The maximum atomic E-state index is 14.3. The minimum absolute atomic E-state index is 0.0164. The van der Waals surface area contributed by atoms with Crippen molar-refractivity contribution in [3.63, 3.8) is 0 Å². The lowest BCUT2D eigenvalue weighted by atomic mass is 9.85. The molecule has 5 fully saturated rings. The van der Waals surface area contributed by atoms with Crippen molar-refractivity contribution in [1.82, 2.24) is 39.5 Å². The zero-order valence-corrected chi connectivity index (χ0v) is 34.1. The van der Waals surface area contributed by atoms with Crippen LogP contribution in [0.25, 0.3) is 5.65 Å². The van der Waals surface area contributed by atoms with Crippen molar-refractivity contribution in [3.8, 4) is 0 Å². The van der Waals surface area contributed by atoms with Gasteiger partial charge in [0.1, 0.15) is 11.4 Å². The van der Waals surface area contributed by atoms with E-state index in [1.54, 1.807) is 29.1 Å². The van der Waals surface area contributed by atoms with Gasteiger partial charge < -0.3 is 24.8 Å². The van der Waals surface area contributed by atoms with Crippen molar-refractivity contribution in [2.75, 3.05) is 68.0 Å². The topological polar surface area (TPSA) is 163 Å². The number of anilines is 3. The fourth-order valence-electron chi connectivity index (χ4n) is 9.60. The highest BCUT2D eigenvalue weighted by atomic mass is 35.5. The van der Waals surface area contributed by atoms with E-state index < -0.39 is 24.1 Å². The average Bonchev–Trinajstić information content (AvgIpc) is 4.06. The number of fused-ring (bicyclic) bond motifs is 3. The molecule has 5 amide bonds. The van der Waals surface area contributed by atoms with Gasteiger partial charge in [-0.15, -0.1) is 0 Å². The number of urea groups is 1. The molecule has 4 aromatic rings. The van der Waals surface area contributed by atoms with E-state index in [0.29, 0.717) is 53.5 Å². The van der Waals surface area contributed by atoms with Crippen LogP contribution in [0.3, 0.4) is 0 Å². The van der Waals surface area contributed by atoms with E-state index in [1.165, 1.54) is 21.8 Å². The Labute approximate surface area is 350 Å². The van der Waals surface area contributed by atoms with Gasteiger partial charge in [-0.05, 0) is 88.1 Å². The number of piperidine rings is 1. The van der Waals surface area contributed by atoms with Gasteiger partial charge in [0, 0.05) is 63.6 Å². The number of hydrogen-bond donors (Lipinski definition) is 2. The number of alkyl halides is 2. The van der Waals surface area contributed by atoms with Gasteiger partial charge >= 0.3 is 6.03 Å². The predicted octanol–water partition coefficient (Wildman–Crippen LogP) is 5.41. The van der Waals surface area contributed by atoms with Crippen LogP contribution in [0.5, 0.6) is 0 Å². The molecule has 5 aliphatic rings. The minimum Gasteiger partial charge on any atom is -0.374 e. The predicted molar refractivity (Wildman–Crippen MR) is 218 cm³/mol. The quantitative estimate of drug-likeness (QED) is 0.200. The number of likely N-dealkylation sites (tertiary alicyclic amines) is 1. The normalized spacial score (nSPS) is 23.7. The fraction of sp³-hybridized carbons (Fsp3) is 0.537. The van der Waals surface area contributed by atoms with Crippen molar-refractivity contribution in [2.24, 2.45) is 11.8 Å². The van der Waals surface area contributed by atoms with Gasteiger partial charge in [-0.3, -0.25) is 29.3 Å². The van der Waals surface area contributed by atoms with Gasteiger partial charge in [-0.1, -0.05) is 11.6 Å². The number of amides is 5. The number of nitrogens with zero attached hydrogens (tertiary/aromatic N) is 9. The van der Waals surface area contributed by atoms with Gasteiger partial charge in [0.2, 0.25) is 5.91 Å². The molecular formula is C41H48ClF2N11O5. The first-order chi connectivity index (χ1) is 29.0. The highest BCUT2D eigenvalue weighted by molar-refractivity contribution is 6.34. The monoisotopic (exact) mass is 847 g/mol. The Kier molecular flexibility index (Phi) is 11.2. The first-order valence-corrected chi connectivity index (χ1v) is 21.1. The van der Waals surface area contributed by atoms with Crippen LogP contribution in [-0.2, 0) is 9.53 Å². The molecule has 4 saturated heterocycles. The second-order valence-electron chi connectivity index (χ2n) is 16.8. The number of hydrogen-bond acceptors (Lipinski definition) is 10. The molecule has 7 heterocycles. The Hall–Kier alpha value is -5.20. The molecule has 60 heavy (non-hydrogen) atoms. The van der Waals surface area contributed by atoms with Crippen LogP contribution in [-0.4, -0.2) is 123 Å². The SMILES string of the molecule is CN(CC1CCN(C(=O)c2ccc(Cl)c(N3CCC(=O)NC3=O)c2)CC1)C[C@H]1CC[C@H](n2cc(NC(=O)c3cnn4ccc(N5C[C@H]6C[C@@H]5CO6)nc34)c(C(F)F)n2)CC1. The van der Waals surface area contributed by atoms with Crippen LogP contribution >= 0.6 is 11.6 Å². The molecule has 1 saturated carbocycles. The van der Waals surface area contributed by atoms with E-state index in [0.717, 1.165) is 70.4 Å². The summed E-state index contributed by atoms with van der Waals surface area (Å²) in [5.41, 5.74) is 0.910. The number of imide groups is 1. The summed E-state index contributed by atoms with van der Waals surface area (Å²) in [6.45, 7) is 4.64. The summed E-state index contributed by atoms with van der Waals surface area (Å²) < 4.78 is 37.4. The zero-order chi connectivity index (χ0) is 41.7. The highest BCUT2D eigenvalue weighted by Crippen LogP contribution is 2.37. The Balaban J connectivity index is 0.752. The maximum absolute atomic E-state index is 14.3. The van der Waals surface area contributed by atoms with Crippen LogP contribution in [0.4, 0.5) is 30.8 Å². The zero-order valence-electron chi connectivity index (χ0n) is 33.3. The van der Waals surface area contributed by atoms with Crippen LogP contribution in [0.2, 0.25) is 5.02 Å². The summed E-state index contributed by atoms with van der Waals surface area (Å²) in [4.78, 5) is 63.6. The number of rotatable bonds is 11. The van der Waals surface area contributed by atoms with Crippen molar-refractivity contribution >= 4 is 58.2 Å². The third kappa shape index (κ3) is 8.16. The first kappa shape index (κ1) is 40.2. The average molecular weight is 848 g/mol. The maximum Gasteiger partial charge on any atom is 0.328 e. The molecule has 1 aliphatic carbocycles. The molecule has 16 nitrogen and oxygen atoms in total. The Bertz CT molecular complexity index is 2290. The Morgan fingerprint density at radius 2 is 1.80 bits per heavy atom. The first-order valence-electron chi connectivity index (χ1n) is 20.8. The van der Waals surface area contributed by atoms with Gasteiger partial charge in [0.05, 0.1) is 47.4 Å². The van der Waals surface area contributed by atoms with E-state index in [2.05, 4.69) is 37.7 Å². The molecule has 3 aromatic heterocycles. The van der Waals surface area contributed by atoms with Crippen LogP contribution in [0.15, 0.2) is 42.9 Å². The summed E-state index contributed by atoms with van der Waals surface area (Å²) in [6, 6.07) is 6.39. The molecule has 2 bridgehead atoms. The van der Waals surface area contributed by atoms with Gasteiger partial charge in [0.25, 0.3) is 18.2 Å². The van der Waals surface area contributed by atoms with Gasteiger partial charge in [0.15, 0.2) is 11.3 Å². The Morgan fingerprint density at radius 1 is 1.03 bits per heavy atom. The molecule has 318 valence electrons. The standard InChI is InChI=1S/C41H48ClF2N11O5/c1-50(20-25-8-12-51(13-9-25)40(58)26-4-7-31(42)33(16-26)52-14-11-35(56)48-41(52)59)19-24-2-5-27(6-3-24)55-22-32(36(49-55)37(43)44)46-39(57)30-18-45-54-15-10-34(47-38(30)54)53-21-29-17-28(53)23-60-29/h4,7,10,15-16,18,22,24-25,27-29,37H,2-3,5-6,8-9,11-14,17,19-21,23H2,1H3,(H,46,57)(H,48,56,59)/t24-,27-,28-,29-/m1/s1. The molecule has 4 aliphatic heterocycles. The summed E-state index contributed by atoms with van der Waals surface area (Å²) >= 11 is 6.39. The molecule has 0 unspecified atom stereocenters. The van der Waals surface area contributed by atoms with Crippen LogP contribution in [0, 0.1) is 11.8 Å². The summed E-state index contributed by atoms with van der Waals surface area (Å²) in [5, 5.41) is 13.9. The van der Waals surface area contributed by atoms with Crippen molar-refractivity contribution in [2.45, 2.75) is 76.0 Å². The second kappa shape index (κ2) is 16.7. The van der Waals surface area contributed by atoms with E-state index in [1.807, 2.05) is 11.0 Å². The van der Waals surface area contributed by atoms with E-state index >= 15 is 0 Å². The molecule has 19 heteroatoms. The molecule has 0 radical (unpaired) electrons. The molecule has 9 rings (SSSR count). The third-order valence-electron chi connectivity index (χ3n) is 12.8. The number of carbonyl (C=O) groups excluding carboxylic acids is 4. The number of ether oxygens (including phenoxy) is 1. The van der Waals surface area contributed by atoms with Crippen LogP contribution in [0.1, 0.15) is 90.2 Å². The Morgan fingerprint density at radius 3 is 2.50 bits per heavy atom. The summed E-state index contributed by atoms with van der Waals surface area (Å²) in [5.74, 6) is 0.580. The van der Waals surface area contributed by atoms with E-state index in [9.17, 15) is 28.0 Å². The van der Waals surface area contributed by atoms with Gasteiger partial charge in [-0.25, -0.2) is 23.1 Å². The third-order valence-corrected chi connectivity index (χ3v) is 13.1.